The first-order chi connectivity index (χ1) is 10.7. The largest absolute Gasteiger partial charge is 0.394 e. The monoisotopic (exact) mass is 303 g/mol. The van der Waals surface area contributed by atoms with E-state index in [9.17, 15) is 9.90 Å². The highest BCUT2D eigenvalue weighted by Crippen LogP contribution is 2.28. The number of carbonyl (C=O) groups excluding carboxylic acids is 1. The second-order valence-electron chi connectivity index (χ2n) is 6.37. The van der Waals surface area contributed by atoms with Crippen LogP contribution in [0.15, 0.2) is 18.2 Å². The zero-order valence-corrected chi connectivity index (χ0v) is 12.9. The van der Waals surface area contributed by atoms with Crippen molar-refractivity contribution < 1.29 is 9.90 Å². The van der Waals surface area contributed by atoms with E-state index in [1.165, 1.54) is 36.1 Å². The van der Waals surface area contributed by atoms with Crippen LogP contribution < -0.4 is 16.0 Å². The molecule has 0 aromatic heterocycles. The van der Waals surface area contributed by atoms with Gasteiger partial charge in [-0.15, -0.1) is 0 Å². The summed E-state index contributed by atoms with van der Waals surface area (Å²) in [6.07, 6.45) is 5.62. The maximum atomic E-state index is 11.2. The topological polar surface area (TPSA) is 78.6 Å². The van der Waals surface area contributed by atoms with E-state index in [4.69, 9.17) is 5.73 Å². The van der Waals surface area contributed by atoms with Crippen molar-refractivity contribution in [2.45, 2.75) is 44.2 Å². The van der Waals surface area contributed by atoms with Crippen LogP contribution in [0.25, 0.3) is 0 Å². The van der Waals surface area contributed by atoms with Gasteiger partial charge in [-0.05, 0) is 55.4 Å². The molecule has 4 N–H and O–H groups in total. The van der Waals surface area contributed by atoms with Crippen molar-refractivity contribution in [3.05, 3.63) is 29.3 Å². The number of carbonyl (C=O) groups is 1. The van der Waals surface area contributed by atoms with Crippen LogP contribution in [0.5, 0.6) is 0 Å². The molecule has 0 saturated carbocycles. The number of benzene rings is 1. The number of rotatable bonds is 5. The van der Waals surface area contributed by atoms with Gasteiger partial charge in [0.1, 0.15) is 6.04 Å². The molecule has 1 amide bonds. The lowest BCUT2D eigenvalue weighted by molar-refractivity contribution is -0.121. The zero-order chi connectivity index (χ0) is 15.5. The minimum atomic E-state index is -0.628. The van der Waals surface area contributed by atoms with Gasteiger partial charge in [-0.3, -0.25) is 4.79 Å². The van der Waals surface area contributed by atoms with Crippen LogP contribution in [0.1, 0.15) is 30.4 Å². The number of nitrogens with one attached hydrogen (secondary N) is 1. The Labute approximate surface area is 131 Å². The third kappa shape index (κ3) is 3.25. The average molecular weight is 303 g/mol. The molecule has 1 aliphatic carbocycles. The molecule has 0 bridgehead atoms. The molecule has 1 saturated heterocycles. The Hall–Kier alpha value is -1.59. The first kappa shape index (κ1) is 15.3. The number of fused-ring (bicyclic) bond motifs is 1. The number of primary amides is 1. The number of aliphatic hydroxyl groups is 1. The van der Waals surface area contributed by atoms with Crippen molar-refractivity contribution in [3.63, 3.8) is 0 Å². The summed E-state index contributed by atoms with van der Waals surface area (Å²) >= 11 is 0. The zero-order valence-electron chi connectivity index (χ0n) is 12.9. The molecule has 2 aliphatic rings. The van der Waals surface area contributed by atoms with Gasteiger partial charge in [-0.25, -0.2) is 0 Å². The molecule has 22 heavy (non-hydrogen) atoms. The predicted molar refractivity (Wildman–Crippen MR) is 86.9 cm³/mol. The molecule has 1 aromatic rings. The number of hydrogen-bond acceptors (Lipinski definition) is 4. The summed E-state index contributed by atoms with van der Waals surface area (Å²) in [5.74, 6) is -0.483. The summed E-state index contributed by atoms with van der Waals surface area (Å²) in [5, 5.41) is 12.3. The standard InChI is InChI=1S/C17H25N3O2/c18-17(22)16(11-21)19-14-6-8-20(9-7-14)15-5-4-12-2-1-3-13(12)10-15/h4-5,10,14,16,19,21H,1-3,6-9,11H2,(H2,18,22)/t16-/m0/s1. The number of nitrogens with two attached hydrogens (primary N) is 1. The fourth-order valence-electron chi connectivity index (χ4n) is 3.57. The van der Waals surface area contributed by atoms with Crippen molar-refractivity contribution in [2.24, 2.45) is 5.73 Å². The molecule has 5 nitrogen and oxygen atoms in total. The SMILES string of the molecule is NC(=O)[C@H](CO)NC1CCN(c2ccc3c(c2)CCC3)CC1. The van der Waals surface area contributed by atoms with Gasteiger partial charge in [-0.1, -0.05) is 6.07 Å². The first-order valence-corrected chi connectivity index (χ1v) is 8.20. The van der Waals surface area contributed by atoms with Crippen LogP contribution in [-0.4, -0.2) is 42.8 Å². The molecular formula is C17H25N3O2. The smallest absolute Gasteiger partial charge is 0.236 e. The molecule has 120 valence electrons. The Morgan fingerprint density at radius 2 is 2.05 bits per heavy atom. The quantitative estimate of drug-likeness (QED) is 0.743. The summed E-state index contributed by atoms with van der Waals surface area (Å²) in [5.41, 5.74) is 9.59. The summed E-state index contributed by atoms with van der Waals surface area (Å²) in [6, 6.07) is 6.47. The highest BCUT2D eigenvalue weighted by Gasteiger charge is 2.24. The van der Waals surface area contributed by atoms with E-state index < -0.39 is 11.9 Å². The molecule has 3 rings (SSSR count). The molecule has 1 fully saturated rings. The minimum absolute atomic E-state index is 0.236. The van der Waals surface area contributed by atoms with Gasteiger partial charge in [0.15, 0.2) is 0 Å². The number of nitrogens with zero attached hydrogens (tertiary/aromatic N) is 1. The summed E-state index contributed by atoms with van der Waals surface area (Å²) in [6.45, 7) is 1.70. The fourth-order valence-corrected chi connectivity index (χ4v) is 3.57. The van der Waals surface area contributed by atoms with Gasteiger partial charge in [0.25, 0.3) is 0 Å². The summed E-state index contributed by atoms with van der Waals surface area (Å²) in [4.78, 5) is 13.6. The average Bonchev–Trinajstić information content (AvgIpc) is 3.00. The van der Waals surface area contributed by atoms with Crippen molar-refractivity contribution in [1.29, 1.82) is 0 Å². The molecule has 1 heterocycles. The van der Waals surface area contributed by atoms with Crippen LogP contribution in [0, 0.1) is 0 Å². The molecule has 0 unspecified atom stereocenters. The number of amides is 1. The van der Waals surface area contributed by atoms with Crippen LogP contribution in [0.4, 0.5) is 5.69 Å². The van der Waals surface area contributed by atoms with Crippen molar-refractivity contribution in [2.75, 3.05) is 24.6 Å². The Bertz CT molecular complexity index is 539. The lowest BCUT2D eigenvalue weighted by Gasteiger charge is -2.35. The Kier molecular flexibility index (Phi) is 4.64. The van der Waals surface area contributed by atoms with E-state index in [-0.39, 0.29) is 12.6 Å². The molecule has 5 heteroatoms. The predicted octanol–water partition coefficient (Wildman–Crippen LogP) is 0.580. The van der Waals surface area contributed by atoms with Gasteiger partial charge in [0.2, 0.25) is 5.91 Å². The Balaban J connectivity index is 1.56. The van der Waals surface area contributed by atoms with E-state index in [1.54, 1.807) is 0 Å². The van der Waals surface area contributed by atoms with E-state index >= 15 is 0 Å². The molecule has 0 radical (unpaired) electrons. The van der Waals surface area contributed by atoms with Gasteiger partial charge in [0.05, 0.1) is 6.61 Å². The number of aliphatic hydroxyl groups excluding tert-OH is 1. The fraction of sp³-hybridized carbons (Fsp3) is 0.588. The number of hydrogen-bond donors (Lipinski definition) is 3. The highest BCUT2D eigenvalue weighted by molar-refractivity contribution is 5.80. The van der Waals surface area contributed by atoms with Gasteiger partial charge >= 0.3 is 0 Å². The third-order valence-corrected chi connectivity index (χ3v) is 4.91. The second-order valence-corrected chi connectivity index (χ2v) is 6.37. The van der Waals surface area contributed by atoms with Crippen LogP contribution >= 0.6 is 0 Å². The number of piperidine rings is 1. The van der Waals surface area contributed by atoms with Crippen molar-refractivity contribution in [3.8, 4) is 0 Å². The number of anilines is 1. The Morgan fingerprint density at radius 3 is 2.73 bits per heavy atom. The van der Waals surface area contributed by atoms with Crippen molar-refractivity contribution >= 4 is 11.6 Å². The number of aryl methyl sites for hydroxylation is 2. The molecule has 1 atom stereocenters. The minimum Gasteiger partial charge on any atom is -0.394 e. The maximum absolute atomic E-state index is 11.2. The maximum Gasteiger partial charge on any atom is 0.236 e. The van der Waals surface area contributed by atoms with E-state index in [1.807, 2.05) is 0 Å². The molecule has 0 spiro atoms. The highest BCUT2D eigenvalue weighted by atomic mass is 16.3. The van der Waals surface area contributed by atoms with Gasteiger partial charge < -0.3 is 21.1 Å². The van der Waals surface area contributed by atoms with E-state index in [0.717, 1.165) is 25.9 Å². The first-order valence-electron chi connectivity index (χ1n) is 8.20. The van der Waals surface area contributed by atoms with Gasteiger partial charge in [-0.2, -0.15) is 0 Å². The van der Waals surface area contributed by atoms with Crippen LogP contribution in [-0.2, 0) is 17.6 Å². The van der Waals surface area contributed by atoms with Crippen molar-refractivity contribution in [1.82, 2.24) is 5.32 Å². The molecular weight excluding hydrogens is 278 g/mol. The third-order valence-electron chi connectivity index (χ3n) is 4.91. The second kappa shape index (κ2) is 6.67. The lowest BCUT2D eigenvalue weighted by atomic mass is 10.0. The van der Waals surface area contributed by atoms with Crippen LogP contribution in [0.3, 0.4) is 0 Å². The van der Waals surface area contributed by atoms with E-state index in [0.29, 0.717) is 0 Å². The lowest BCUT2D eigenvalue weighted by Crippen LogP contribution is -2.52. The Morgan fingerprint density at radius 1 is 1.32 bits per heavy atom. The van der Waals surface area contributed by atoms with E-state index in [2.05, 4.69) is 28.4 Å². The summed E-state index contributed by atoms with van der Waals surface area (Å²) < 4.78 is 0. The van der Waals surface area contributed by atoms with Gasteiger partial charge in [0, 0.05) is 24.8 Å². The van der Waals surface area contributed by atoms with Crippen LogP contribution in [0.2, 0.25) is 0 Å². The molecule has 1 aliphatic heterocycles. The normalized spacial score (nSPS) is 20.0. The summed E-state index contributed by atoms with van der Waals surface area (Å²) in [7, 11) is 0. The molecule has 1 aromatic carbocycles.